The largest absolute Gasteiger partial charge is 0.377 e. The monoisotopic (exact) mass is 419 g/mol. The molecule has 5 atom stereocenters. The molecule has 0 aromatic rings. The Labute approximate surface area is 151 Å². The van der Waals surface area contributed by atoms with Gasteiger partial charge in [0, 0.05) is 36.6 Å². The molecule has 4 aliphatic rings. The Morgan fingerprint density at radius 3 is 2.64 bits per heavy atom. The van der Waals surface area contributed by atoms with E-state index in [-0.39, 0.29) is 24.0 Å². The highest BCUT2D eigenvalue weighted by Crippen LogP contribution is 2.60. The molecule has 4 nitrogen and oxygen atoms in total. The van der Waals surface area contributed by atoms with Gasteiger partial charge in [0.05, 0.1) is 6.10 Å². The molecule has 0 aromatic carbocycles. The molecule has 126 valence electrons. The first-order valence-electron chi connectivity index (χ1n) is 8.94. The Morgan fingerprint density at radius 2 is 2.00 bits per heavy atom. The van der Waals surface area contributed by atoms with E-state index >= 15 is 0 Å². The summed E-state index contributed by atoms with van der Waals surface area (Å²) in [7, 11) is 0. The third-order valence-corrected chi connectivity index (χ3v) is 6.33. The van der Waals surface area contributed by atoms with Crippen molar-refractivity contribution in [2.75, 3.05) is 13.2 Å². The van der Waals surface area contributed by atoms with Gasteiger partial charge in [-0.05, 0) is 38.5 Å². The quantitative estimate of drug-likeness (QED) is 0.420. The number of rotatable bonds is 3. The average molecular weight is 419 g/mol. The van der Waals surface area contributed by atoms with Gasteiger partial charge in [-0.3, -0.25) is 4.99 Å². The highest BCUT2D eigenvalue weighted by molar-refractivity contribution is 14.0. The Kier molecular flexibility index (Phi) is 4.93. The summed E-state index contributed by atoms with van der Waals surface area (Å²) in [5.41, 5.74) is 0.409. The van der Waals surface area contributed by atoms with Gasteiger partial charge in [-0.25, -0.2) is 0 Å². The Balaban J connectivity index is 0.00000144. The highest BCUT2D eigenvalue weighted by Gasteiger charge is 2.65. The zero-order valence-corrected chi connectivity index (χ0v) is 16.1. The summed E-state index contributed by atoms with van der Waals surface area (Å²) in [6.45, 7) is 6.24. The van der Waals surface area contributed by atoms with E-state index in [1.165, 1.54) is 38.5 Å². The number of hydrogen-bond acceptors (Lipinski definition) is 2. The zero-order chi connectivity index (χ0) is 14.4. The molecule has 1 heterocycles. The highest BCUT2D eigenvalue weighted by atomic mass is 127. The Bertz CT molecular complexity index is 436. The van der Waals surface area contributed by atoms with E-state index in [1.807, 2.05) is 0 Å². The third-order valence-electron chi connectivity index (χ3n) is 6.33. The maximum absolute atomic E-state index is 6.07. The van der Waals surface area contributed by atoms with E-state index in [2.05, 4.69) is 29.5 Å². The number of nitrogens with zero attached hydrogens (tertiary/aromatic N) is 1. The summed E-state index contributed by atoms with van der Waals surface area (Å²) in [6, 6.07) is 1.22. The summed E-state index contributed by atoms with van der Waals surface area (Å²) in [5.74, 6) is 2.57. The maximum Gasteiger partial charge on any atom is 0.191 e. The van der Waals surface area contributed by atoms with E-state index in [0.717, 1.165) is 25.0 Å². The van der Waals surface area contributed by atoms with Crippen molar-refractivity contribution in [1.82, 2.24) is 10.6 Å². The van der Waals surface area contributed by atoms with Gasteiger partial charge in [0.1, 0.15) is 0 Å². The molecule has 3 saturated carbocycles. The fourth-order valence-corrected chi connectivity index (χ4v) is 5.04. The van der Waals surface area contributed by atoms with Gasteiger partial charge in [0.15, 0.2) is 5.96 Å². The van der Waals surface area contributed by atoms with Crippen molar-refractivity contribution in [3.05, 3.63) is 0 Å². The lowest BCUT2D eigenvalue weighted by Crippen LogP contribution is -2.69. The molecule has 0 amide bonds. The molecular formula is C17H30IN3O. The first kappa shape index (κ1) is 16.8. The topological polar surface area (TPSA) is 45.7 Å². The standard InChI is InChI=1S/C17H29N3O.HI/c1-3-18-16(19-13-10-11(13)2)20-14-12-6-9-21-15(12)17(14)7-4-5-8-17;/h11-15H,3-10H2,1-2H3,(H2,18,19,20);1H. The number of ether oxygens (including phenoxy) is 1. The SMILES string of the molecule is CCN=C(NC1CC1C)NC1C2CCOC2C12CCCC2.I. The lowest BCUT2D eigenvalue weighted by molar-refractivity contribution is -0.125. The smallest absolute Gasteiger partial charge is 0.191 e. The minimum Gasteiger partial charge on any atom is -0.377 e. The van der Waals surface area contributed by atoms with Crippen LogP contribution in [0.2, 0.25) is 0 Å². The number of hydrogen-bond donors (Lipinski definition) is 2. The van der Waals surface area contributed by atoms with Gasteiger partial charge < -0.3 is 15.4 Å². The van der Waals surface area contributed by atoms with E-state index in [9.17, 15) is 0 Å². The molecule has 22 heavy (non-hydrogen) atoms. The number of nitrogens with one attached hydrogen (secondary N) is 2. The number of fused-ring (bicyclic) bond motifs is 2. The molecule has 0 aromatic heterocycles. The molecular weight excluding hydrogens is 389 g/mol. The van der Waals surface area contributed by atoms with Crippen molar-refractivity contribution >= 4 is 29.9 Å². The van der Waals surface area contributed by atoms with Crippen LogP contribution in [0.15, 0.2) is 4.99 Å². The molecule has 4 fully saturated rings. The van der Waals surface area contributed by atoms with Crippen LogP contribution < -0.4 is 10.6 Å². The first-order chi connectivity index (χ1) is 10.2. The second-order valence-electron chi connectivity index (χ2n) is 7.59. The van der Waals surface area contributed by atoms with Crippen LogP contribution in [0.1, 0.15) is 52.4 Å². The van der Waals surface area contributed by atoms with Crippen molar-refractivity contribution < 1.29 is 4.74 Å². The molecule has 2 N–H and O–H groups in total. The second-order valence-corrected chi connectivity index (χ2v) is 7.59. The van der Waals surface area contributed by atoms with Gasteiger partial charge >= 0.3 is 0 Å². The van der Waals surface area contributed by atoms with Gasteiger partial charge in [-0.2, -0.15) is 0 Å². The number of aliphatic imine (C=N–C) groups is 1. The minimum absolute atomic E-state index is 0. The van der Waals surface area contributed by atoms with E-state index in [0.29, 0.717) is 29.5 Å². The van der Waals surface area contributed by atoms with Crippen LogP contribution in [-0.2, 0) is 4.74 Å². The number of halogens is 1. The summed E-state index contributed by atoms with van der Waals surface area (Å²) in [6.07, 6.45) is 8.46. The molecule has 3 aliphatic carbocycles. The Hall–Kier alpha value is -0.0400. The van der Waals surface area contributed by atoms with Gasteiger partial charge in [0.25, 0.3) is 0 Å². The van der Waals surface area contributed by atoms with Crippen LogP contribution in [0, 0.1) is 17.3 Å². The summed E-state index contributed by atoms with van der Waals surface area (Å²) in [4.78, 5) is 4.68. The van der Waals surface area contributed by atoms with Crippen LogP contribution in [-0.4, -0.2) is 37.3 Å². The van der Waals surface area contributed by atoms with Crippen molar-refractivity contribution in [3.63, 3.8) is 0 Å². The molecule has 1 aliphatic heterocycles. The summed E-state index contributed by atoms with van der Waals surface area (Å²) in [5, 5.41) is 7.43. The minimum atomic E-state index is 0. The average Bonchev–Trinajstić information content (AvgIpc) is 2.91. The van der Waals surface area contributed by atoms with Crippen molar-refractivity contribution in [2.45, 2.75) is 70.6 Å². The predicted octanol–water partition coefficient (Wildman–Crippen LogP) is 2.92. The molecule has 0 bridgehead atoms. The molecule has 5 heteroatoms. The van der Waals surface area contributed by atoms with Crippen LogP contribution in [0.3, 0.4) is 0 Å². The third kappa shape index (κ3) is 2.66. The predicted molar refractivity (Wildman–Crippen MR) is 99.8 cm³/mol. The van der Waals surface area contributed by atoms with Crippen LogP contribution in [0.5, 0.6) is 0 Å². The van der Waals surface area contributed by atoms with E-state index in [4.69, 9.17) is 4.74 Å². The number of guanidine groups is 1. The molecule has 1 saturated heterocycles. The van der Waals surface area contributed by atoms with Crippen LogP contribution in [0.4, 0.5) is 0 Å². The fraction of sp³-hybridized carbons (Fsp3) is 0.941. The van der Waals surface area contributed by atoms with E-state index < -0.39 is 0 Å². The fourth-order valence-electron chi connectivity index (χ4n) is 5.04. The molecule has 5 unspecified atom stereocenters. The maximum atomic E-state index is 6.07. The van der Waals surface area contributed by atoms with Crippen molar-refractivity contribution in [2.24, 2.45) is 22.2 Å². The normalized spacial score (nSPS) is 41.5. The Morgan fingerprint density at radius 1 is 1.27 bits per heavy atom. The van der Waals surface area contributed by atoms with Crippen LogP contribution >= 0.6 is 24.0 Å². The van der Waals surface area contributed by atoms with Crippen molar-refractivity contribution in [1.29, 1.82) is 0 Å². The summed E-state index contributed by atoms with van der Waals surface area (Å²) < 4.78 is 6.07. The molecule has 0 radical (unpaired) electrons. The van der Waals surface area contributed by atoms with Gasteiger partial charge in [0.2, 0.25) is 0 Å². The lowest BCUT2D eigenvalue weighted by Gasteiger charge is -2.57. The second kappa shape index (κ2) is 6.46. The zero-order valence-electron chi connectivity index (χ0n) is 13.8. The molecule has 4 rings (SSSR count). The first-order valence-corrected chi connectivity index (χ1v) is 8.94. The van der Waals surface area contributed by atoms with Crippen LogP contribution in [0.25, 0.3) is 0 Å². The van der Waals surface area contributed by atoms with Gasteiger partial charge in [-0.1, -0.05) is 19.8 Å². The van der Waals surface area contributed by atoms with E-state index in [1.54, 1.807) is 0 Å². The van der Waals surface area contributed by atoms with Crippen molar-refractivity contribution in [3.8, 4) is 0 Å². The van der Waals surface area contributed by atoms with Gasteiger partial charge in [-0.15, -0.1) is 24.0 Å². The summed E-state index contributed by atoms with van der Waals surface area (Å²) >= 11 is 0. The molecule has 1 spiro atoms. The lowest BCUT2D eigenvalue weighted by atomic mass is 9.54.